The van der Waals surface area contributed by atoms with Gasteiger partial charge in [0, 0.05) is 31.9 Å². The minimum absolute atomic E-state index is 0.0519. The van der Waals surface area contributed by atoms with Crippen molar-refractivity contribution in [3.8, 4) is 11.5 Å². The Hall–Kier alpha value is -3.72. The van der Waals surface area contributed by atoms with Crippen LogP contribution in [-0.2, 0) is 20.6 Å². The predicted molar refractivity (Wildman–Crippen MR) is 139 cm³/mol. The van der Waals surface area contributed by atoms with Gasteiger partial charge in [-0.3, -0.25) is 9.10 Å². The largest absolute Gasteiger partial charge is 0.497 e. The van der Waals surface area contributed by atoms with E-state index < -0.39 is 16.1 Å². The summed E-state index contributed by atoms with van der Waals surface area (Å²) in [6.07, 6.45) is -0.905. The molecule has 1 atom stereocenters. The smallest absolute Gasteiger partial charge is 0.265 e. The number of hydrogen-bond donors (Lipinski definition) is 0. The van der Waals surface area contributed by atoms with Crippen molar-refractivity contribution in [1.29, 1.82) is 0 Å². The molecular formula is C27H29N3O5S. The van der Waals surface area contributed by atoms with Crippen LogP contribution >= 0.6 is 0 Å². The maximum atomic E-state index is 13.5. The van der Waals surface area contributed by atoms with Gasteiger partial charge in [0.2, 0.25) is 10.0 Å². The quantitative estimate of drug-likeness (QED) is 0.510. The minimum Gasteiger partial charge on any atom is -0.497 e. The number of anilines is 2. The van der Waals surface area contributed by atoms with E-state index >= 15 is 0 Å². The van der Waals surface area contributed by atoms with E-state index in [1.807, 2.05) is 42.5 Å². The lowest BCUT2D eigenvalue weighted by atomic mass is 10.2. The van der Waals surface area contributed by atoms with Crippen LogP contribution < -0.4 is 18.7 Å². The normalized spacial score (nSPS) is 17.8. The van der Waals surface area contributed by atoms with Gasteiger partial charge >= 0.3 is 0 Å². The van der Waals surface area contributed by atoms with Crippen LogP contribution in [0.25, 0.3) is 0 Å². The van der Waals surface area contributed by atoms with E-state index in [2.05, 4.69) is 4.90 Å². The number of sulfonamides is 1. The maximum Gasteiger partial charge on any atom is 0.265 e. The zero-order chi connectivity index (χ0) is 25.1. The number of benzene rings is 3. The van der Waals surface area contributed by atoms with Gasteiger partial charge in [-0.1, -0.05) is 42.5 Å². The number of amides is 1. The number of methoxy groups -OCH3 is 1. The van der Waals surface area contributed by atoms with Gasteiger partial charge in [0.15, 0.2) is 6.10 Å². The third-order valence-corrected chi connectivity index (χ3v) is 8.28. The third kappa shape index (κ3) is 4.97. The highest BCUT2D eigenvalue weighted by Gasteiger charge is 2.39. The second kappa shape index (κ2) is 10.1. The van der Waals surface area contributed by atoms with Crippen molar-refractivity contribution < 1.29 is 22.7 Å². The van der Waals surface area contributed by atoms with E-state index in [9.17, 15) is 13.2 Å². The van der Waals surface area contributed by atoms with Gasteiger partial charge in [0.05, 0.1) is 25.1 Å². The monoisotopic (exact) mass is 507 g/mol. The molecule has 0 N–H and O–H groups in total. The summed E-state index contributed by atoms with van der Waals surface area (Å²) in [7, 11) is -2.10. The number of fused-ring (bicyclic) bond motifs is 1. The number of para-hydroxylation sites is 2. The van der Waals surface area contributed by atoms with Gasteiger partial charge < -0.3 is 19.3 Å². The van der Waals surface area contributed by atoms with E-state index in [0.717, 1.165) is 11.4 Å². The van der Waals surface area contributed by atoms with Crippen LogP contribution in [0, 0.1) is 0 Å². The van der Waals surface area contributed by atoms with Gasteiger partial charge in [-0.2, -0.15) is 0 Å². The predicted octanol–water partition coefficient (Wildman–Crippen LogP) is 3.14. The van der Waals surface area contributed by atoms with Crippen LogP contribution in [0.4, 0.5) is 11.4 Å². The van der Waals surface area contributed by atoms with Crippen molar-refractivity contribution >= 4 is 27.3 Å². The molecule has 0 aliphatic carbocycles. The van der Waals surface area contributed by atoms with Crippen LogP contribution in [-0.4, -0.2) is 65.2 Å². The number of hydrogen-bond acceptors (Lipinski definition) is 6. The molecule has 1 saturated heterocycles. The lowest BCUT2D eigenvalue weighted by molar-refractivity contribution is -0.138. The first-order valence-electron chi connectivity index (χ1n) is 11.9. The highest BCUT2D eigenvalue weighted by Crippen LogP contribution is 2.36. The molecule has 0 bridgehead atoms. The molecule has 1 fully saturated rings. The van der Waals surface area contributed by atoms with Crippen molar-refractivity contribution in [3.63, 3.8) is 0 Å². The molecule has 9 heteroatoms. The summed E-state index contributed by atoms with van der Waals surface area (Å²) in [5.41, 5.74) is 2.23. The fourth-order valence-corrected chi connectivity index (χ4v) is 6.22. The molecule has 3 aromatic carbocycles. The molecule has 0 aromatic heterocycles. The second-order valence-electron chi connectivity index (χ2n) is 8.86. The average molecular weight is 508 g/mol. The SMILES string of the molecule is COc1ccc(N2CCN(C(=O)[C@@H]3CN(S(=O)(=O)Cc4ccccc4)c4ccccc4O3)CC2)cc1. The van der Waals surface area contributed by atoms with E-state index in [-0.39, 0.29) is 18.2 Å². The first-order chi connectivity index (χ1) is 17.4. The lowest BCUT2D eigenvalue weighted by Crippen LogP contribution is -2.56. The van der Waals surface area contributed by atoms with Crippen LogP contribution in [0.15, 0.2) is 78.9 Å². The molecule has 0 saturated carbocycles. The van der Waals surface area contributed by atoms with Crippen molar-refractivity contribution in [2.45, 2.75) is 11.9 Å². The average Bonchev–Trinajstić information content (AvgIpc) is 2.92. The van der Waals surface area contributed by atoms with Crippen molar-refractivity contribution in [2.75, 3.05) is 49.0 Å². The number of ether oxygens (including phenoxy) is 2. The standard InChI is InChI=1S/C27H29N3O5S/c1-34-23-13-11-22(12-14-23)28-15-17-29(18-16-28)27(31)26-19-30(24-9-5-6-10-25(24)35-26)36(32,33)20-21-7-3-2-4-8-21/h2-14,26H,15-20H2,1H3/t26-/m0/s1. The highest BCUT2D eigenvalue weighted by molar-refractivity contribution is 7.92. The van der Waals surface area contributed by atoms with Gasteiger partial charge in [-0.05, 0) is 42.0 Å². The second-order valence-corrected chi connectivity index (χ2v) is 10.8. The summed E-state index contributed by atoms with van der Waals surface area (Å²) < 4.78 is 39.5. The summed E-state index contributed by atoms with van der Waals surface area (Å²) >= 11 is 0. The Balaban J connectivity index is 1.30. The molecule has 8 nitrogen and oxygen atoms in total. The molecule has 1 amide bonds. The molecule has 0 radical (unpaired) electrons. The molecule has 5 rings (SSSR count). The Labute approximate surface area is 211 Å². The van der Waals surface area contributed by atoms with E-state index in [1.165, 1.54) is 4.31 Å². The van der Waals surface area contributed by atoms with Crippen LogP contribution in [0.2, 0.25) is 0 Å². The molecule has 2 heterocycles. The van der Waals surface area contributed by atoms with Gasteiger partial charge in [0.25, 0.3) is 5.91 Å². The summed E-state index contributed by atoms with van der Waals surface area (Å²) in [4.78, 5) is 17.4. The molecule has 3 aromatic rings. The maximum absolute atomic E-state index is 13.5. The lowest BCUT2D eigenvalue weighted by Gasteiger charge is -2.40. The topological polar surface area (TPSA) is 79.4 Å². The Morgan fingerprint density at radius 2 is 1.58 bits per heavy atom. The molecular weight excluding hydrogens is 478 g/mol. The van der Waals surface area contributed by atoms with Crippen molar-refractivity contribution in [2.24, 2.45) is 0 Å². The van der Waals surface area contributed by atoms with Crippen LogP contribution in [0.3, 0.4) is 0 Å². The van der Waals surface area contributed by atoms with Gasteiger partial charge in [0.1, 0.15) is 11.5 Å². The molecule has 2 aliphatic heterocycles. The first-order valence-corrected chi connectivity index (χ1v) is 13.5. The fourth-order valence-electron chi connectivity index (χ4n) is 4.64. The number of piperazine rings is 1. The van der Waals surface area contributed by atoms with Gasteiger partial charge in [-0.25, -0.2) is 8.42 Å². The third-order valence-electron chi connectivity index (χ3n) is 6.57. The molecule has 0 spiro atoms. The van der Waals surface area contributed by atoms with Crippen molar-refractivity contribution in [1.82, 2.24) is 4.90 Å². The number of carbonyl (C=O) groups excluding carboxylic acids is 1. The minimum atomic E-state index is -3.73. The van der Waals surface area contributed by atoms with Crippen LogP contribution in [0.5, 0.6) is 11.5 Å². The van der Waals surface area contributed by atoms with Crippen molar-refractivity contribution in [3.05, 3.63) is 84.4 Å². The van der Waals surface area contributed by atoms with E-state index in [4.69, 9.17) is 9.47 Å². The number of rotatable bonds is 6. The van der Waals surface area contributed by atoms with E-state index in [1.54, 1.807) is 48.4 Å². The highest BCUT2D eigenvalue weighted by atomic mass is 32.2. The summed E-state index contributed by atoms with van der Waals surface area (Å²) in [6.45, 7) is 2.37. The summed E-state index contributed by atoms with van der Waals surface area (Å²) in [5, 5.41) is 0. The number of carbonyl (C=O) groups is 1. The molecule has 188 valence electrons. The first kappa shape index (κ1) is 24.0. The Morgan fingerprint density at radius 1 is 0.917 bits per heavy atom. The van der Waals surface area contributed by atoms with E-state index in [0.29, 0.717) is 43.2 Å². The Kier molecular flexibility index (Phi) is 6.73. The fraction of sp³-hybridized carbons (Fsp3) is 0.296. The summed E-state index contributed by atoms with van der Waals surface area (Å²) in [6, 6.07) is 23.9. The molecule has 36 heavy (non-hydrogen) atoms. The zero-order valence-corrected chi connectivity index (χ0v) is 20.9. The molecule has 0 unspecified atom stereocenters. The summed E-state index contributed by atoms with van der Waals surface area (Å²) in [5.74, 6) is 0.854. The van der Waals surface area contributed by atoms with Gasteiger partial charge in [-0.15, -0.1) is 0 Å². The van der Waals surface area contributed by atoms with Crippen LogP contribution in [0.1, 0.15) is 5.56 Å². The Bertz CT molecular complexity index is 1310. The Morgan fingerprint density at radius 3 is 2.28 bits per heavy atom. The number of nitrogens with zero attached hydrogens (tertiary/aromatic N) is 3. The zero-order valence-electron chi connectivity index (χ0n) is 20.1. The molecule has 2 aliphatic rings.